The van der Waals surface area contributed by atoms with E-state index in [1.54, 1.807) is 18.4 Å². The maximum Gasteiger partial charge on any atom is 0.212 e. The molecule has 0 spiro atoms. The SMILES string of the molecule is COCCc1ccc(C2Oc3cc(Br)cc(F)c3-c3cc4cc(Br)ccc4n32)s1. The average molecular weight is 537 g/mol. The van der Waals surface area contributed by atoms with Crippen LogP contribution >= 0.6 is 43.2 Å². The third-order valence-electron chi connectivity index (χ3n) is 5.03. The van der Waals surface area contributed by atoms with Gasteiger partial charge in [-0.05, 0) is 48.5 Å². The van der Waals surface area contributed by atoms with E-state index < -0.39 is 0 Å². The topological polar surface area (TPSA) is 23.4 Å². The van der Waals surface area contributed by atoms with Crippen LogP contribution in [0.2, 0.25) is 0 Å². The first kappa shape index (κ1) is 19.3. The lowest BCUT2D eigenvalue weighted by Crippen LogP contribution is -2.21. The summed E-state index contributed by atoms with van der Waals surface area (Å²) in [6.45, 7) is 0.679. The molecule has 3 heterocycles. The number of hydrogen-bond acceptors (Lipinski definition) is 3. The molecule has 0 fully saturated rings. The first-order valence-corrected chi connectivity index (χ1v) is 11.5. The molecule has 0 N–H and O–H groups in total. The van der Waals surface area contributed by atoms with Gasteiger partial charge in [-0.2, -0.15) is 0 Å². The highest BCUT2D eigenvalue weighted by molar-refractivity contribution is 9.10. The van der Waals surface area contributed by atoms with E-state index in [9.17, 15) is 4.39 Å². The minimum absolute atomic E-state index is 0.303. The molecule has 0 bridgehead atoms. The molecule has 0 amide bonds. The predicted molar refractivity (Wildman–Crippen MR) is 121 cm³/mol. The lowest BCUT2D eigenvalue weighted by atomic mass is 10.1. The Labute approximate surface area is 188 Å². The van der Waals surface area contributed by atoms with Crippen LogP contribution in [-0.2, 0) is 11.2 Å². The van der Waals surface area contributed by atoms with Gasteiger partial charge in [0.25, 0.3) is 0 Å². The van der Waals surface area contributed by atoms with E-state index in [-0.39, 0.29) is 12.0 Å². The van der Waals surface area contributed by atoms with Gasteiger partial charge >= 0.3 is 0 Å². The summed E-state index contributed by atoms with van der Waals surface area (Å²) >= 11 is 8.63. The van der Waals surface area contributed by atoms with Gasteiger partial charge in [0.05, 0.1) is 28.3 Å². The second-order valence-corrected chi connectivity index (χ2v) is 9.91. The van der Waals surface area contributed by atoms with Crippen molar-refractivity contribution in [1.82, 2.24) is 4.57 Å². The highest BCUT2D eigenvalue weighted by atomic mass is 79.9. The van der Waals surface area contributed by atoms with Gasteiger partial charge in [-0.1, -0.05) is 31.9 Å². The van der Waals surface area contributed by atoms with Crippen molar-refractivity contribution in [3.63, 3.8) is 0 Å². The van der Waals surface area contributed by atoms with Gasteiger partial charge in [0.1, 0.15) is 11.6 Å². The van der Waals surface area contributed by atoms with Crippen LogP contribution in [0.1, 0.15) is 16.0 Å². The molecule has 5 rings (SSSR count). The van der Waals surface area contributed by atoms with Gasteiger partial charge in [-0.15, -0.1) is 11.3 Å². The van der Waals surface area contributed by atoms with Crippen molar-refractivity contribution in [2.45, 2.75) is 12.6 Å². The van der Waals surface area contributed by atoms with Gasteiger partial charge in [0.15, 0.2) is 0 Å². The molecule has 3 nitrogen and oxygen atoms in total. The fourth-order valence-corrected chi connectivity index (χ4v) is 5.57. The van der Waals surface area contributed by atoms with Crippen molar-refractivity contribution in [3.05, 3.63) is 73.0 Å². The zero-order chi connectivity index (χ0) is 20.1. The van der Waals surface area contributed by atoms with Crippen molar-refractivity contribution in [3.8, 4) is 17.0 Å². The Morgan fingerprint density at radius 1 is 1.10 bits per heavy atom. The lowest BCUT2D eigenvalue weighted by molar-refractivity contribution is 0.176. The van der Waals surface area contributed by atoms with Crippen LogP contribution in [0.5, 0.6) is 5.75 Å². The molecule has 0 radical (unpaired) electrons. The first-order valence-electron chi connectivity index (χ1n) is 9.09. The van der Waals surface area contributed by atoms with Crippen LogP contribution in [0.15, 0.2) is 57.5 Å². The molecular formula is C22H16Br2FNO2S. The summed E-state index contributed by atoms with van der Waals surface area (Å²) in [6.07, 6.45) is 0.503. The third-order valence-corrected chi connectivity index (χ3v) is 7.15. The average Bonchev–Trinajstić information content (AvgIpc) is 3.29. The minimum atomic E-state index is -0.355. The first-order chi connectivity index (χ1) is 14.0. The number of ether oxygens (including phenoxy) is 2. The Morgan fingerprint density at radius 2 is 1.97 bits per heavy atom. The Kier molecular flexibility index (Phi) is 5.02. The van der Waals surface area contributed by atoms with E-state index in [4.69, 9.17) is 9.47 Å². The van der Waals surface area contributed by atoms with E-state index in [0.717, 1.165) is 32.4 Å². The minimum Gasteiger partial charge on any atom is -0.464 e. The second-order valence-electron chi connectivity index (χ2n) is 6.88. The number of benzene rings is 2. The van der Waals surface area contributed by atoms with Gasteiger partial charge < -0.3 is 9.47 Å². The maximum atomic E-state index is 14.9. The summed E-state index contributed by atoms with van der Waals surface area (Å²) < 4.78 is 30.3. The summed E-state index contributed by atoms with van der Waals surface area (Å²) in [4.78, 5) is 2.31. The van der Waals surface area contributed by atoms with Gasteiger partial charge in [-0.25, -0.2) is 4.39 Å². The summed E-state index contributed by atoms with van der Waals surface area (Å²) in [6, 6.07) is 15.6. The molecule has 1 aliphatic heterocycles. The van der Waals surface area contributed by atoms with Gasteiger partial charge in [0.2, 0.25) is 6.23 Å². The number of methoxy groups -OCH3 is 1. The molecule has 0 aliphatic carbocycles. The molecule has 148 valence electrons. The Bertz CT molecular complexity index is 1230. The zero-order valence-electron chi connectivity index (χ0n) is 15.4. The van der Waals surface area contributed by atoms with Crippen LogP contribution in [0.3, 0.4) is 0 Å². The maximum absolute atomic E-state index is 14.9. The number of aromatic nitrogens is 1. The summed E-state index contributed by atoms with van der Waals surface area (Å²) in [7, 11) is 1.71. The van der Waals surface area contributed by atoms with Crippen molar-refractivity contribution in [1.29, 1.82) is 0 Å². The van der Waals surface area contributed by atoms with E-state index in [2.05, 4.69) is 48.6 Å². The molecule has 2 aromatic heterocycles. The molecule has 1 unspecified atom stereocenters. The quantitative estimate of drug-likeness (QED) is 0.276. The Hall–Kier alpha value is -1.67. The van der Waals surface area contributed by atoms with Crippen molar-refractivity contribution >= 4 is 54.1 Å². The van der Waals surface area contributed by atoms with Crippen LogP contribution < -0.4 is 4.74 Å². The Morgan fingerprint density at radius 3 is 2.79 bits per heavy atom. The number of hydrogen-bond donors (Lipinski definition) is 0. The van der Waals surface area contributed by atoms with Crippen LogP contribution in [0, 0.1) is 5.82 Å². The van der Waals surface area contributed by atoms with E-state index in [1.807, 2.05) is 30.3 Å². The van der Waals surface area contributed by atoms with Gasteiger partial charge in [0, 0.05) is 32.7 Å². The number of nitrogens with zero attached hydrogens (tertiary/aromatic N) is 1. The van der Waals surface area contributed by atoms with Crippen LogP contribution in [0.4, 0.5) is 4.39 Å². The molecule has 0 saturated heterocycles. The van der Waals surface area contributed by atoms with E-state index in [0.29, 0.717) is 22.4 Å². The smallest absolute Gasteiger partial charge is 0.212 e. The summed E-state index contributed by atoms with van der Waals surface area (Å²) in [5.74, 6) is 0.242. The number of halogens is 3. The van der Waals surface area contributed by atoms with E-state index >= 15 is 0 Å². The van der Waals surface area contributed by atoms with Crippen molar-refractivity contribution in [2.24, 2.45) is 0 Å². The highest BCUT2D eigenvalue weighted by Crippen LogP contribution is 2.47. The monoisotopic (exact) mass is 535 g/mol. The molecule has 2 aromatic carbocycles. The van der Waals surface area contributed by atoms with Gasteiger partial charge in [-0.3, -0.25) is 4.57 Å². The largest absolute Gasteiger partial charge is 0.464 e. The molecule has 4 aromatic rings. The normalized spacial score (nSPS) is 15.2. The molecule has 0 saturated carbocycles. The van der Waals surface area contributed by atoms with Crippen LogP contribution in [-0.4, -0.2) is 18.3 Å². The fraction of sp³-hybridized carbons (Fsp3) is 0.182. The molecule has 7 heteroatoms. The fourth-order valence-electron chi connectivity index (χ4n) is 3.77. The van der Waals surface area contributed by atoms with Crippen molar-refractivity contribution < 1.29 is 13.9 Å². The third kappa shape index (κ3) is 3.34. The number of thiophene rings is 1. The number of rotatable bonds is 4. The van der Waals surface area contributed by atoms with Crippen LogP contribution in [0.25, 0.3) is 22.2 Å². The molecule has 1 atom stereocenters. The highest BCUT2D eigenvalue weighted by Gasteiger charge is 2.32. The standard InChI is InChI=1S/C22H16Br2FNO2S/c1-27-7-6-15-3-5-20(29-15)22-26-17-4-2-13(23)8-12(17)9-18(26)21-16(25)10-14(24)11-19(21)28-22/h2-5,8-11,22H,6-7H2,1H3. The molecule has 29 heavy (non-hydrogen) atoms. The summed E-state index contributed by atoms with van der Waals surface area (Å²) in [5.41, 5.74) is 2.32. The Balaban J connectivity index is 1.72. The zero-order valence-corrected chi connectivity index (χ0v) is 19.4. The predicted octanol–water partition coefficient (Wildman–Crippen LogP) is 7.16. The molecular weight excluding hydrogens is 521 g/mol. The second kappa shape index (κ2) is 7.54. The van der Waals surface area contributed by atoms with Crippen molar-refractivity contribution in [2.75, 3.05) is 13.7 Å². The number of fused-ring (bicyclic) bond motifs is 5. The van der Waals surface area contributed by atoms with E-state index in [1.165, 1.54) is 10.9 Å². The lowest BCUT2D eigenvalue weighted by Gasteiger charge is -2.29. The summed E-state index contributed by atoms with van der Waals surface area (Å²) in [5, 5.41) is 1.04. The molecule has 1 aliphatic rings.